The SMILES string of the molecule is CC(CCO)SCc1nc(Cl)c2cnn(C)c2n1. The van der Waals surface area contributed by atoms with Crippen LogP contribution in [0.3, 0.4) is 0 Å². The zero-order chi connectivity index (χ0) is 13.1. The normalized spacial score (nSPS) is 13.1. The second kappa shape index (κ2) is 5.86. The first-order chi connectivity index (χ1) is 8.61. The van der Waals surface area contributed by atoms with Gasteiger partial charge in [0.2, 0.25) is 0 Å². The lowest BCUT2D eigenvalue weighted by atomic mass is 10.3. The van der Waals surface area contributed by atoms with E-state index >= 15 is 0 Å². The molecule has 7 heteroatoms. The standard InChI is InChI=1S/C11H15ClN4OS/c1-7(3-4-17)18-6-9-14-10(12)8-5-13-16(2)11(8)15-9/h5,7,17H,3-4,6H2,1-2H3. The number of hydrogen-bond acceptors (Lipinski definition) is 5. The minimum Gasteiger partial charge on any atom is -0.396 e. The predicted molar refractivity (Wildman–Crippen MR) is 73.8 cm³/mol. The van der Waals surface area contributed by atoms with E-state index in [4.69, 9.17) is 16.7 Å². The maximum Gasteiger partial charge on any atom is 0.162 e. The molecule has 0 saturated carbocycles. The van der Waals surface area contributed by atoms with E-state index in [1.165, 1.54) is 0 Å². The molecule has 5 nitrogen and oxygen atoms in total. The summed E-state index contributed by atoms with van der Waals surface area (Å²) in [5, 5.41) is 14.6. The number of fused-ring (bicyclic) bond motifs is 1. The summed E-state index contributed by atoms with van der Waals surface area (Å²) in [7, 11) is 1.83. The van der Waals surface area contributed by atoms with Gasteiger partial charge in [0.05, 0.1) is 17.3 Å². The van der Waals surface area contributed by atoms with Gasteiger partial charge in [0, 0.05) is 18.9 Å². The van der Waals surface area contributed by atoms with Crippen LogP contribution in [0.4, 0.5) is 0 Å². The van der Waals surface area contributed by atoms with E-state index in [2.05, 4.69) is 22.0 Å². The molecule has 1 unspecified atom stereocenters. The molecule has 0 amide bonds. The molecule has 0 fully saturated rings. The molecule has 1 N–H and O–H groups in total. The third-order valence-electron chi connectivity index (χ3n) is 2.62. The Morgan fingerprint density at radius 1 is 1.50 bits per heavy atom. The van der Waals surface area contributed by atoms with Crippen LogP contribution in [0.25, 0.3) is 11.0 Å². The quantitative estimate of drug-likeness (QED) is 0.852. The number of thioether (sulfide) groups is 1. The third-order valence-corrected chi connectivity index (χ3v) is 4.14. The van der Waals surface area contributed by atoms with Gasteiger partial charge in [-0.3, -0.25) is 4.68 Å². The lowest BCUT2D eigenvalue weighted by Crippen LogP contribution is -2.03. The minimum atomic E-state index is 0.205. The number of nitrogens with zero attached hydrogens (tertiary/aromatic N) is 4. The Balaban J connectivity index is 2.16. The Morgan fingerprint density at radius 3 is 3.00 bits per heavy atom. The van der Waals surface area contributed by atoms with Crippen LogP contribution in [0.15, 0.2) is 6.20 Å². The van der Waals surface area contributed by atoms with Gasteiger partial charge >= 0.3 is 0 Å². The Bertz CT molecular complexity index is 545. The molecule has 0 radical (unpaired) electrons. The minimum absolute atomic E-state index is 0.205. The Hall–Kier alpha value is -0.850. The molecule has 18 heavy (non-hydrogen) atoms. The molecule has 1 atom stereocenters. The van der Waals surface area contributed by atoms with Gasteiger partial charge in [-0.1, -0.05) is 18.5 Å². The highest BCUT2D eigenvalue weighted by Crippen LogP contribution is 2.23. The highest BCUT2D eigenvalue weighted by atomic mass is 35.5. The molecule has 2 aromatic heterocycles. The zero-order valence-corrected chi connectivity index (χ0v) is 11.9. The number of aryl methyl sites for hydroxylation is 1. The highest BCUT2D eigenvalue weighted by Gasteiger charge is 2.11. The summed E-state index contributed by atoms with van der Waals surface area (Å²) in [6.45, 7) is 2.28. The van der Waals surface area contributed by atoms with Crippen LogP contribution >= 0.6 is 23.4 Å². The molecule has 98 valence electrons. The Labute approximate surface area is 115 Å². The number of aliphatic hydroxyl groups is 1. The molecule has 0 spiro atoms. The Kier molecular flexibility index (Phi) is 4.42. The molecule has 0 aliphatic carbocycles. The van der Waals surface area contributed by atoms with Crippen molar-refractivity contribution in [3.8, 4) is 0 Å². The lowest BCUT2D eigenvalue weighted by molar-refractivity contribution is 0.289. The van der Waals surface area contributed by atoms with Gasteiger partial charge < -0.3 is 5.11 Å². The summed E-state index contributed by atoms with van der Waals surface area (Å²) in [6.07, 6.45) is 2.44. The molecule has 0 aliphatic rings. The van der Waals surface area contributed by atoms with Crippen LogP contribution in [0.1, 0.15) is 19.2 Å². The van der Waals surface area contributed by atoms with Crippen molar-refractivity contribution in [3.05, 3.63) is 17.2 Å². The maximum atomic E-state index is 8.85. The zero-order valence-electron chi connectivity index (χ0n) is 10.3. The number of aromatic nitrogens is 4. The van der Waals surface area contributed by atoms with Crippen molar-refractivity contribution in [2.45, 2.75) is 24.3 Å². The van der Waals surface area contributed by atoms with Crippen molar-refractivity contribution >= 4 is 34.4 Å². The second-order valence-corrected chi connectivity index (χ2v) is 5.85. The molecule has 2 aromatic rings. The largest absolute Gasteiger partial charge is 0.396 e. The Morgan fingerprint density at radius 2 is 2.28 bits per heavy atom. The van der Waals surface area contributed by atoms with Crippen LogP contribution in [-0.2, 0) is 12.8 Å². The fourth-order valence-electron chi connectivity index (χ4n) is 1.58. The van der Waals surface area contributed by atoms with E-state index in [1.807, 2.05) is 7.05 Å². The summed E-state index contributed by atoms with van der Waals surface area (Å²) in [4.78, 5) is 8.71. The smallest absolute Gasteiger partial charge is 0.162 e. The average Bonchev–Trinajstić information content (AvgIpc) is 2.70. The topological polar surface area (TPSA) is 63.8 Å². The first kappa shape index (κ1) is 13.6. The van der Waals surface area contributed by atoms with Gasteiger partial charge in [0.15, 0.2) is 5.65 Å². The van der Waals surface area contributed by atoms with E-state index in [0.717, 1.165) is 17.5 Å². The van der Waals surface area contributed by atoms with Crippen molar-refractivity contribution < 1.29 is 5.11 Å². The van der Waals surface area contributed by atoms with Crippen molar-refractivity contribution in [1.82, 2.24) is 19.7 Å². The van der Waals surface area contributed by atoms with E-state index in [-0.39, 0.29) is 6.61 Å². The summed E-state index contributed by atoms with van der Waals surface area (Å²) < 4.78 is 1.69. The molecule has 2 heterocycles. The first-order valence-corrected chi connectivity index (χ1v) is 7.11. The molecule has 2 rings (SSSR count). The van der Waals surface area contributed by atoms with Crippen molar-refractivity contribution in [2.75, 3.05) is 6.61 Å². The van der Waals surface area contributed by atoms with Crippen LogP contribution in [0.5, 0.6) is 0 Å². The number of rotatable bonds is 5. The third kappa shape index (κ3) is 2.93. The fraction of sp³-hybridized carbons (Fsp3) is 0.545. The number of hydrogen-bond donors (Lipinski definition) is 1. The van der Waals surface area contributed by atoms with Crippen LogP contribution in [0.2, 0.25) is 5.15 Å². The number of aliphatic hydroxyl groups excluding tert-OH is 1. The van der Waals surface area contributed by atoms with E-state index < -0.39 is 0 Å². The van der Waals surface area contributed by atoms with E-state index in [0.29, 0.717) is 22.0 Å². The maximum absolute atomic E-state index is 8.85. The monoisotopic (exact) mass is 286 g/mol. The predicted octanol–water partition coefficient (Wildman–Crippen LogP) is 2.02. The van der Waals surface area contributed by atoms with E-state index in [1.54, 1.807) is 22.6 Å². The average molecular weight is 287 g/mol. The summed E-state index contributed by atoms with van der Waals surface area (Å²) >= 11 is 7.80. The van der Waals surface area contributed by atoms with Gasteiger partial charge in [0.1, 0.15) is 11.0 Å². The van der Waals surface area contributed by atoms with Gasteiger partial charge in [-0.2, -0.15) is 16.9 Å². The molecule has 0 aromatic carbocycles. The van der Waals surface area contributed by atoms with Crippen LogP contribution < -0.4 is 0 Å². The summed E-state index contributed by atoms with van der Waals surface area (Å²) in [5.74, 6) is 1.38. The van der Waals surface area contributed by atoms with Crippen molar-refractivity contribution in [3.63, 3.8) is 0 Å². The van der Waals surface area contributed by atoms with Gasteiger partial charge in [0.25, 0.3) is 0 Å². The molecule has 0 aliphatic heterocycles. The fourth-order valence-corrected chi connectivity index (χ4v) is 2.64. The van der Waals surface area contributed by atoms with E-state index in [9.17, 15) is 0 Å². The first-order valence-electron chi connectivity index (χ1n) is 5.68. The molecular formula is C11H15ClN4OS. The van der Waals surface area contributed by atoms with Gasteiger partial charge in [-0.05, 0) is 6.42 Å². The second-order valence-electron chi connectivity index (χ2n) is 4.07. The summed E-state index contributed by atoms with van der Waals surface area (Å²) in [6, 6.07) is 0. The van der Waals surface area contributed by atoms with Gasteiger partial charge in [-0.15, -0.1) is 0 Å². The van der Waals surface area contributed by atoms with Crippen molar-refractivity contribution in [2.24, 2.45) is 7.05 Å². The van der Waals surface area contributed by atoms with Crippen LogP contribution in [0, 0.1) is 0 Å². The highest BCUT2D eigenvalue weighted by molar-refractivity contribution is 7.99. The van der Waals surface area contributed by atoms with Crippen molar-refractivity contribution in [1.29, 1.82) is 0 Å². The summed E-state index contributed by atoms with van der Waals surface area (Å²) in [5.41, 5.74) is 0.750. The lowest BCUT2D eigenvalue weighted by Gasteiger charge is -2.08. The number of halogens is 1. The molecular weight excluding hydrogens is 272 g/mol. The van der Waals surface area contributed by atoms with Crippen LogP contribution in [-0.4, -0.2) is 36.7 Å². The molecule has 0 bridgehead atoms. The molecule has 0 saturated heterocycles. The van der Waals surface area contributed by atoms with Gasteiger partial charge in [-0.25, -0.2) is 9.97 Å².